The number of rotatable bonds is 3. The second kappa shape index (κ2) is 9.03. The van der Waals surface area contributed by atoms with Crippen molar-refractivity contribution >= 4 is 38.3 Å². The van der Waals surface area contributed by atoms with E-state index in [0.717, 1.165) is 39.0 Å². The van der Waals surface area contributed by atoms with Gasteiger partial charge in [-0.25, -0.2) is 4.85 Å². The second-order valence-corrected chi connectivity index (χ2v) is 9.65. The Kier molecular flexibility index (Phi) is 5.22. The Bertz CT molecular complexity index is 2000. The summed E-state index contributed by atoms with van der Waals surface area (Å²) in [7, 11) is 0. The van der Waals surface area contributed by atoms with Crippen LogP contribution in [0.15, 0.2) is 127 Å². The molecule has 180 valence electrons. The number of aromatic nitrogens is 1. The molecule has 0 aliphatic rings. The molecule has 3 nitrogen and oxygen atoms in total. The SMILES string of the molecule is [C-]#[N+]c1ccc(-c2ccc3c4ccc(-c5ccc(C#N)cc5)cc4n(-c4cccc5ccccc45)c3c2)cc1. The van der Waals surface area contributed by atoms with E-state index in [1.807, 2.05) is 48.5 Å². The van der Waals surface area contributed by atoms with Crippen molar-refractivity contribution < 1.29 is 0 Å². The highest BCUT2D eigenvalue weighted by molar-refractivity contribution is 6.12. The van der Waals surface area contributed by atoms with Gasteiger partial charge in [0.1, 0.15) is 0 Å². The summed E-state index contributed by atoms with van der Waals surface area (Å²) in [5, 5.41) is 14.0. The van der Waals surface area contributed by atoms with Gasteiger partial charge in [-0.1, -0.05) is 97.1 Å². The zero-order chi connectivity index (χ0) is 26.3. The van der Waals surface area contributed by atoms with Crippen molar-refractivity contribution in [2.45, 2.75) is 0 Å². The molecule has 0 N–H and O–H groups in total. The molecule has 7 rings (SSSR count). The van der Waals surface area contributed by atoms with Crippen LogP contribution in [0.3, 0.4) is 0 Å². The van der Waals surface area contributed by atoms with Crippen molar-refractivity contribution in [3.05, 3.63) is 144 Å². The first kappa shape index (κ1) is 22.5. The minimum Gasteiger partial charge on any atom is -0.309 e. The summed E-state index contributed by atoms with van der Waals surface area (Å²) in [6, 6.07) is 45.9. The topological polar surface area (TPSA) is 33.1 Å². The van der Waals surface area contributed by atoms with Gasteiger partial charge in [0, 0.05) is 16.2 Å². The fourth-order valence-corrected chi connectivity index (χ4v) is 5.51. The molecule has 39 heavy (non-hydrogen) atoms. The van der Waals surface area contributed by atoms with Crippen molar-refractivity contribution in [1.82, 2.24) is 4.57 Å². The van der Waals surface area contributed by atoms with E-state index in [9.17, 15) is 5.26 Å². The Morgan fingerprint density at radius 1 is 0.564 bits per heavy atom. The summed E-state index contributed by atoms with van der Waals surface area (Å²) in [6.45, 7) is 7.29. The molecule has 0 aliphatic carbocycles. The molecular formula is C36H21N3. The normalized spacial score (nSPS) is 11.0. The fraction of sp³-hybridized carbons (Fsp3) is 0. The Morgan fingerprint density at radius 3 is 1.74 bits per heavy atom. The van der Waals surface area contributed by atoms with Gasteiger partial charge in [0.05, 0.1) is 34.9 Å². The molecule has 0 saturated heterocycles. The van der Waals surface area contributed by atoms with Gasteiger partial charge in [-0.3, -0.25) is 0 Å². The van der Waals surface area contributed by atoms with E-state index in [-0.39, 0.29) is 0 Å². The van der Waals surface area contributed by atoms with Crippen LogP contribution in [0.5, 0.6) is 0 Å². The standard InChI is InChI=1S/C36H21N3/c1-38-30-17-13-26(14-18-30)29-16-20-33-32-19-15-28(25-11-9-24(23-37)10-12-25)21-35(32)39(36(33)22-29)34-8-4-6-27-5-2-3-7-31(27)34/h2-22H. The number of hydrogen-bond donors (Lipinski definition) is 0. The molecule has 1 aromatic heterocycles. The largest absolute Gasteiger partial charge is 0.309 e. The van der Waals surface area contributed by atoms with E-state index in [0.29, 0.717) is 11.3 Å². The van der Waals surface area contributed by atoms with Gasteiger partial charge >= 0.3 is 0 Å². The molecule has 6 aromatic carbocycles. The summed E-state index contributed by atoms with van der Waals surface area (Å²) in [5.41, 5.74) is 9.05. The maximum absolute atomic E-state index is 9.23. The van der Waals surface area contributed by atoms with Crippen molar-refractivity contribution in [3.63, 3.8) is 0 Å². The first-order valence-electron chi connectivity index (χ1n) is 12.8. The zero-order valence-corrected chi connectivity index (χ0v) is 21.0. The van der Waals surface area contributed by atoms with Gasteiger partial charge in [-0.05, 0) is 58.0 Å². The molecule has 7 aromatic rings. The molecule has 0 bridgehead atoms. The molecule has 0 radical (unpaired) electrons. The van der Waals surface area contributed by atoms with Gasteiger partial charge in [0.2, 0.25) is 0 Å². The molecule has 0 aliphatic heterocycles. The lowest BCUT2D eigenvalue weighted by molar-refractivity contribution is 1.20. The third-order valence-corrected chi connectivity index (χ3v) is 7.45. The average molecular weight is 496 g/mol. The zero-order valence-electron chi connectivity index (χ0n) is 21.0. The van der Waals surface area contributed by atoms with E-state index >= 15 is 0 Å². The predicted octanol–water partition coefficient (Wildman–Crippen LogP) is 9.69. The maximum atomic E-state index is 9.23. The van der Waals surface area contributed by atoms with Crippen LogP contribution in [0.2, 0.25) is 0 Å². The average Bonchev–Trinajstić information content (AvgIpc) is 3.33. The highest BCUT2D eigenvalue weighted by atomic mass is 15.0. The quantitative estimate of drug-likeness (QED) is 0.225. The second-order valence-electron chi connectivity index (χ2n) is 9.65. The van der Waals surface area contributed by atoms with Crippen molar-refractivity contribution in [2.24, 2.45) is 0 Å². The highest BCUT2D eigenvalue weighted by Crippen LogP contribution is 2.38. The summed E-state index contributed by atoms with van der Waals surface area (Å²) < 4.78 is 2.37. The maximum Gasteiger partial charge on any atom is 0.187 e. The van der Waals surface area contributed by atoms with Crippen LogP contribution in [-0.4, -0.2) is 4.57 Å². The van der Waals surface area contributed by atoms with Crippen LogP contribution < -0.4 is 0 Å². The van der Waals surface area contributed by atoms with Gasteiger partial charge in [0.15, 0.2) is 5.69 Å². The molecule has 0 atom stereocenters. The van der Waals surface area contributed by atoms with Crippen LogP contribution >= 0.6 is 0 Å². The fourth-order valence-electron chi connectivity index (χ4n) is 5.51. The van der Waals surface area contributed by atoms with Crippen LogP contribution in [0.1, 0.15) is 5.56 Å². The Labute approximate surface area is 226 Å². The minimum atomic E-state index is 0.639. The number of hydrogen-bond acceptors (Lipinski definition) is 1. The third-order valence-electron chi connectivity index (χ3n) is 7.45. The van der Waals surface area contributed by atoms with Crippen LogP contribution in [0, 0.1) is 17.9 Å². The molecule has 0 spiro atoms. The van der Waals surface area contributed by atoms with Crippen molar-refractivity contribution in [1.29, 1.82) is 5.26 Å². The lowest BCUT2D eigenvalue weighted by atomic mass is 10.0. The summed E-state index contributed by atoms with van der Waals surface area (Å²) >= 11 is 0. The van der Waals surface area contributed by atoms with Crippen molar-refractivity contribution in [2.75, 3.05) is 0 Å². The molecule has 3 heteroatoms. The number of fused-ring (bicyclic) bond motifs is 4. The van der Waals surface area contributed by atoms with Gasteiger partial charge in [-0.15, -0.1) is 0 Å². The van der Waals surface area contributed by atoms with Gasteiger partial charge < -0.3 is 4.57 Å². The lowest BCUT2D eigenvalue weighted by Gasteiger charge is -2.13. The van der Waals surface area contributed by atoms with Gasteiger partial charge in [-0.2, -0.15) is 5.26 Å². The lowest BCUT2D eigenvalue weighted by Crippen LogP contribution is -1.95. The van der Waals surface area contributed by atoms with Crippen LogP contribution in [-0.2, 0) is 0 Å². The first-order valence-corrected chi connectivity index (χ1v) is 12.8. The molecular weight excluding hydrogens is 474 g/mol. The third kappa shape index (κ3) is 3.74. The smallest absolute Gasteiger partial charge is 0.187 e. The van der Waals surface area contributed by atoms with E-state index in [2.05, 4.69) is 94.3 Å². The van der Waals surface area contributed by atoms with Crippen LogP contribution in [0.4, 0.5) is 5.69 Å². The Balaban J connectivity index is 1.54. The monoisotopic (exact) mass is 495 g/mol. The minimum absolute atomic E-state index is 0.639. The first-order chi connectivity index (χ1) is 19.2. The molecule has 0 amide bonds. The summed E-state index contributed by atoms with van der Waals surface area (Å²) in [4.78, 5) is 3.54. The van der Waals surface area contributed by atoms with E-state index in [4.69, 9.17) is 6.57 Å². The van der Waals surface area contributed by atoms with E-state index < -0.39 is 0 Å². The number of nitrogens with zero attached hydrogens (tertiary/aromatic N) is 3. The number of nitriles is 1. The number of benzene rings is 6. The molecule has 0 unspecified atom stereocenters. The summed E-state index contributed by atoms with van der Waals surface area (Å²) in [6.07, 6.45) is 0. The molecule has 0 saturated carbocycles. The predicted molar refractivity (Wildman–Crippen MR) is 160 cm³/mol. The van der Waals surface area contributed by atoms with Gasteiger partial charge in [0.25, 0.3) is 0 Å². The Morgan fingerprint density at radius 2 is 1.13 bits per heavy atom. The molecule has 1 heterocycles. The van der Waals surface area contributed by atoms with E-state index in [1.165, 1.54) is 21.5 Å². The van der Waals surface area contributed by atoms with E-state index in [1.54, 1.807) is 0 Å². The van der Waals surface area contributed by atoms with Crippen molar-refractivity contribution in [3.8, 4) is 34.0 Å². The Hall–Kier alpha value is -5.64. The van der Waals surface area contributed by atoms with Crippen LogP contribution in [0.25, 0.3) is 65.4 Å². The highest BCUT2D eigenvalue weighted by Gasteiger charge is 2.16. The molecule has 0 fully saturated rings. The summed E-state index contributed by atoms with van der Waals surface area (Å²) in [5.74, 6) is 0.